The Kier molecular flexibility index (Phi) is 2.52. The SMILES string of the molecule is NNC(=O)CN1ON=CC1(N)c1conn1. The summed E-state index contributed by atoms with van der Waals surface area (Å²) in [5.74, 6) is 4.46. The molecule has 5 N–H and O–H groups in total. The van der Waals surface area contributed by atoms with Gasteiger partial charge in [0.25, 0.3) is 5.91 Å². The van der Waals surface area contributed by atoms with E-state index >= 15 is 0 Å². The Morgan fingerprint density at radius 1 is 1.69 bits per heavy atom. The Bertz CT molecular complexity index is 404. The summed E-state index contributed by atoms with van der Waals surface area (Å²) in [6, 6.07) is 0. The summed E-state index contributed by atoms with van der Waals surface area (Å²) < 4.78 is 4.56. The first-order chi connectivity index (χ1) is 7.66. The summed E-state index contributed by atoms with van der Waals surface area (Å²) in [4.78, 5) is 15.9. The van der Waals surface area contributed by atoms with Crippen molar-refractivity contribution in [2.24, 2.45) is 16.7 Å². The fraction of sp³-hybridized carbons (Fsp3) is 0.333. The van der Waals surface area contributed by atoms with Gasteiger partial charge in [0.15, 0.2) is 11.9 Å². The summed E-state index contributed by atoms with van der Waals surface area (Å²) >= 11 is 0. The number of nitrogens with one attached hydrogen (secondary N) is 1. The van der Waals surface area contributed by atoms with Gasteiger partial charge < -0.3 is 10.3 Å². The minimum Gasteiger partial charge on any atom is -0.345 e. The minimum atomic E-state index is -1.30. The summed E-state index contributed by atoms with van der Waals surface area (Å²) in [7, 11) is 0. The van der Waals surface area contributed by atoms with Gasteiger partial charge in [-0.2, -0.15) is 0 Å². The van der Waals surface area contributed by atoms with E-state index in [2.05, 4.69) is 20.0 Å². The average Bonchev–Trinajstić information content (AvgIpc) is 2.89. The molecule has 2 heterocycles. The van der Waals surface area contributed by atoms with Crippen LogP contribution >= 0.6 is 0 Å². The molecule has 1 aromatic rings. The van der Waals surface area contributed by atoms with E-state index in [1.54, 1.807) is 0 Å². The molecule has 0 bridgehead atoms. The number of amides is 1. The number of aromatic nitrogens is 2. The topological polar surface area (TPSA) is 145 Å². The quantitative estimate of drug-likeness (QED) is 0.289. The molecule has 0 fully saturated rings. The number of hydrazine groups is 1. The van der Waals surface area contributed by atoms with Gasteiger partial charge in [-0.05, 0) is 0 Å². The fourth-order valence-corrected chi connectivity index (χ4v) is 1.16. The molecule has 1 aliphatic rings. The van der Waals surface area contributed by atoms with Crippen molar-refractivity contribution in [2.45, 2.75) is 5.66 Å². The van der Waals surface area contributed by atoms with Crippen LogP contribution in [0.2, 0.25) is 0 Å². The average molecular weight is 227 g/mol. The molecule has 0 saturated carbocycles. The predicted molar refractivity (Wildman–Crippen MR) is 48.8 cm³/mol. The Morgan fingerprint density at radius 2 is 2.50 bits per heavy atom. The second kappa shape index (κ2) is 3.84. The van der Waals surface area contributed by atoms with Crippen LogP contribution in [0.5, 0.6) is 0 Å². The first-order valence-electron chi connectivity index (χ1n) is 4.22. The molecule has 1 atom stereocenters. The van der Waals surface area contributed by atoms with Crippen molar-refractivity contribution in [3.8, 4) is 0 Å². The number of nitrogens with two attached hydrogens (primary N) is 2. The molecular formula is C6H9N7O3. The lowest BCUT2D eigenvalue weighted by Gasteiger charge is -2.25. The molecule has 0 aliphatic carbocycles. The van der Waals surface area contributed by atoms with Crippen molar-refractivity contribution in [1.29, 1.82) is 0 Å². The lowest BCUT2D eigenvalue weighted by molar-refractivity contribution is -0.188. The molecular weight excluding hydrogens is 218 g/mol. The monoisotopic (exact) mass is 227 g/mol. The van der Waals surface area contributed by atoms with Crippen LogP contribution in [-0.4, -0.2) is 34.1 Å². The van der Waals surface area contributed by atoms with Gasteiger partial charge in [0.1, 0.15) is 12.2 Å². The largest absolute Gasteiger partial charge is 0.345 e. The van der Waals surface area contributed by atoms with E-state index in [9.17, 15) is 4.79 Å². The highest BCUT2D eigenvalue weighted by Gasteiger charge is 2.43. The molecule has 0 radical (unpaired) electrons. The van der Waals surface area contributed by atoms with E-state index in [1.807, 2.05) is 5.43 Å². The van der Waals surface area contributed by atoms with Crippen LogP contribution in [0.15, 0.2) is 15.9 Å². The third kappa shape index (κ3) is 1.60. The molecule has 1 aromatic heterocycles. The van der Waals surface area contributed by atoms with Gasteiger partial charge in [-0.15, -0.1) is 5.10 Å². The molecule has 1 aliphatic heterocycles. The van der Waals surface area contributed by atoms with Crippen LogP contribution in [0.4, 0.5) is 0 Å². The van der Waals surface area contributed by atoms with Crippen molar-refractivity contribution in [3.05, 3.63) is 12.0 Å². The van der Waals surface area contributed by atoms with E-state index in [-0.39, 0.29) is 12.2 Å². The van der Waals surface area contributed by atoms with E-state index in [1.165, 1.54) is 12.5 Å². The first kappa shape index (κ1) is 10.5. The number of carbonyl (C=O) groups excluding carboxylic acids is 1. The van der Waals surface area contributed by atoms with Gasteiger partial charge in [-0.1, -0.05) is 10.2 Å². The maximum atomic E-state index is 11.1. The second-order valence-electron chi connectivity index (χ2n) is 3.04. The highest BCUT2D eigenvalue weighted by Crippen LogP contribution is 2.23. The molecule has 0 aromatic carbocycles. The van der Waals surface area contributed by atoms with Gasteiger partial charge in [0.05, 0.1) is 6.21 Å². The van der Waals surface area contributed by atoms with Crippen molar-refractivity contribution < 1.29 is 14.3 Å². The maximum Gasteiger partial charge on any atom is 0.251 e. The molecule has 10 nitrogen and oxygen atoms in total. The highest BCUT2D eigenvalue weighted by molar-refractivity contribution is 5.79. The molecule has 1 unspecified atom stereocenters. The molecule has 1 amide bonds. The molecule has 16 heavy (non-hydrogen) atoms. The van der Waals surface area contributed by atoms with Crippen molar-refractivity contribution in [1.82, 2.24) is 20.9 Å². The van der Waals surface area contributed by atoms with Gasteiger partial charge in [-0.3, -0.25) is 15.2 Å². The minimum absolute atomic E-state index is 0.208. The zero-order valence-electron chi connectivity index (χ0n) is 8.03. The predicted octanol–water partition coefficient (Wildman–Crippen LogP) is -2.60. The lowest BCUT2D eigenvalue weighted by Crippen LogP contribution is -2.54. The van der Waals surface area contributed by atoms with Crippen molar-refractivity contribution in [2.75, 3.05) is 6.54 Å². The van der Waals surface area contributed by atoms with E-state index in [4.69, 9.17) is 16.5 Å². The van der Waals surface area contributed by atoms with E-state index in [0.29, 0.717) is 0 Å². The van der Waals surface area contributed by atoms with E-state index < -0.39 is 11.6 Å². The van der Waals surface area contributed by atoms with Gasteiger partial charge in [-0.25, -0.2) is 5.84 Å². The third-order valence-electron chi connectivity index (χ3n) is 2.03. The summed E-state index contributed by atoms with van der Waals surface area (Å²) in [5.41, 5.74) is 6.85. The molecule has 2 rings (SSSR count). The van der Waals surface area contributed by atoms with Gasteiger partial charge >= 0.3 is 0 Å². The van der Waals surface area contributed by atoms with Crippen molar-refractivity contribution in [3.63, 3.8) is 0 Å². The first-order valence-corrected chi connectivity index (χ1v) is 4.22. The smallest absolute Gasteiger partial charge is 0.251 e. The number of oxime groups is 1. The number of hydroxylamine groups is 2. The summed E-state index contributed by atoms with van der Waals surface area (Å²) in [6.07, 6.45) is 2.50. The van der Waals surface area contributed by atoms with Crippen LogP contribution in [0.3, 0.4) is 0 Å². The Morgan fingerprint density at radius 3 is 3.12 bits per heavy atom. The second-order valence-corrected chi connectivity index (χ2v) is 3.04. The molecule has 86 valence electrons. The lowest BCUT2D eigenvalue weighted by atomic mass is 10.1. The number of hydrogen-bond acceptors (Lipinski definition) is 9. The summed E-state index contributed by atoms with van der Waals surface area (Å²) in [5, 5.41) is 11.5. The van der Waals surface area contributed by atoms with Crippen LogP contribution < -0.4 is 17.0 Å². The maximum absolute atomic E-state index is 11.1. The number of hydrogen-bond donors (Lipinski definition) is 3. The Labute approximate surface area is 89.1 Å². The summed E-state index contributed by atoms with van der Waals surface area (Å²) in [6.45, 7) is -0.208. The number of nitrogens with zero attached hydrogens (tertiary/aromatic N) is 4. The molecule has 10 heteroatoms. The van der Waals surface area contributed by atoms with Crippen LogP contribution in [0, 0.1) is 0 Å². The normalized spacial score (nSPS) is 24.4. The highest BCUT2D eigenvalue weighted by atomic mass is 16.8. The fourth-order valence-electron chi connectivity index (χ4n) is 1.16. The van der Waals surface area contributed by atoms with E-state index in [0.717, 1.165) is 5.06 Å². The standard InChI is InChI=1S/C6H9N7O3/c7-6(4-2-15-12-11-4)3-9-16-13(6)1-5(14)10-8/h2-3H,1,7-8H2,(H,10,14). The molecule has 0 saturated heterocycles. The zero-order chi connectivity index (χ0) is 11.6. The Hall–Kier alpha value is -2.04. The third-order valence-corrected chi connectivity index (χ3v) is 2.03. The Balaban J connectivity index is 2.19. The van der Waals surface area contributed by atoms with Crippen LogP contribution in [-0.2, 0) is 15.4 Å². The van der Waals surface area contributed by atoms with Crippen LogP contribution in [0.25, 0.3) is 0 Å². The van der Waals surface area contributed by atoms with Gasteiger partial charge in [0, 0.05) is 5.27 Å². The molecule has 0 spiro atoms. The van der Waals surface area contributed by atoms with Crippen LogP contribution in [0.1, 0.15) is 5.69 Å². The zero-order valence-corrected chi connectivity index (χ0v) is 8.03. The number of rotatable bonds is 3. The van der Waals surface area contributed by atoms with Crippen molar-refractivity contribution >= 4 is 12.1 Å². The van der Waals surface area contributed by atoms with Gasteiger partial charge in [0.2, 0.25) is 0 Å². The number of carbonyl (C=O) groups is 1.